The van der Waals surface area contributed by atoms with Crippen molar-refractivity contribution < 1.29 is 19.7 Å². The molecule has 1 unspecified atom stereocenters. The zero-order valence-electron chi connectivity index (χ0n) is 7.20. The summed E-state index contributed by atoms with van der Waals surface area (Å²) >= 11 is 0. The number of aliphatic carboxylic acids is 1. The number of carbonyl (C=O) groups is 1. The maximum Gasteiger partial charge on any atom is 0.303 e. The summed E-state index contributed by atoms with van der Waals surface area (Å²) in [6.45, 7) is 5.61. The highest BCUT2D eigenvalue weighted by Gasteiger charge is 1.85. The van der Waals surface area contributed by atoms with Crippen LogP contribution in [0.15, 0.2) is 0 Å². The summed E-state index contributed by atoms with van der Waals surface area (Å²) in [5.41, 5.74) is 0. The van der Waals surface area contributed by atoms with Gasteiger partial charge in [-0.05, 0) is 13.8 Å². The number of rotatable bonds is 3. The minimum Gasteiger partial charge on any atom is -0.481 e. The summed E-state index contributed by atoms with van der Waals surface area (Å²) in [5, 5.41) is 16.1. The van der Waals surface area contributed by atoms with Crippen molar-refractivity contribution >= 4 is 5.97 Å². The van der Waals surface area contributed by atoms with Crippen LogP contribution in [-0.2, 0) is 9.53 Å². The molecule has 2 N–H and O–H groups in total. The molecule has 0 rings (SSSR count). The molecular weight excluding hydrogens is 148 g/mol. The van der Waals surface area contributed by atoms with Crippen molar-refractivity contribution in [3.63, 3.8) is 0 Å². The molecule has 0 aliphatic carbocycles. The third-order valence-corrected chi connectivity index (χ3v) is 0.710. The van der Waals surface area contributed by atoms with Crippen molar-refractivity contribution in [2.45, 2.75) is 33.5 Å². The van der Waals surface area contributed by atoms with Crippen LogP contribution in [0.25, 0.3) is 0 Å². The molecule has 0 heterocycles. The molecule has 0 spiro atoms. The van der Waals surface area contributed by atoms with Crippen molar-refractivity contribution in [1.29, 1.82) is 0 Å². The Hall–Kier alpha value is -0.610. The molecule has 0 fully saturated rings. The second-order valence-corrected chi connectivity index (χ2v) is 1.80. The summed E-state index contributed by atoms with van der Waals surface area (Å²) in [5.74, 6) is -0.745. The Bertz CT molecular complexity index is 90.4. The third-order valence-electron chi connectivity index (χ3n) is 0.710. The first-order valence-electron chi connectivity index (χ1n) is 3.56. The largest absolute Gasteiger partial charge is 0.481 e. The molecule has 11 heavy (non-hydrogen) atoms. The average molecular weight is 164 g/mol. The molecular formula is C7H16O4. The highest BCUT2D eigenvalue weighted by atomic mass is 16.6. The molecule has 4 nitrogen and oxygen atoms in total. The minimum absolute atomic E-state index is 0.222. The van der Waals surface area contributed by atoms with Gasteiger partial charge in [-0.1, -0.05) is 6.92 Å². The van der Waals surface area contributed by atoms with Crippen molar-refractivity contribution in [1.82, 2.24) is 0 Å². The van der Waals surface area contributed by atoms with Gasteiger partial charge in [-0.25, -0.2) is 0 Å². The van der Waals surface area contributed by atoms with Crippen molar-refractivity contribution in [3.05, 3.63) is 0 Å². The SMILES string of the molecule is CCC(=O)O.CCOC(C)O. The molecule has 0 saturated heterocycles. The van der Waals surface area contributed by atoms with E-state index in [0.29, 0.717) is 6.61 Å². The number of hydrogen-bond donors (Lipinski definition) is 2. The van der Waals surface area contributed by atoms with Crippen LogP contribution in [0.3, 0.4) is 0 Å². The number of aliphatic hydroxyl groups is 1. The smallest absolute Gasteiger partial charge is 0.303 e. The molecule has 0 amide bonds. The second-order valence-electron chi connectivity index (χ2n) is 1.80. The van der Waals surface area contributed by atoms with Gasteiger partial charge in [0.25, 0.3) is 0 Å². The van der Waals surface area contributed by atoms with Gasteiger partial charge in [-0.2, -0.15) is 0 Å². The van der Waals surface area contributed by atoms with Crippen LogP contribution in [0.2, 0.25) is 0 Å². The van der Waals surface area contributed by atoms with Crippen LogP contribution < -0.4 is 0 Å². The lowest BCUT2D eigenvalue weighted by Gasteiger charge is -1.99. The molecule has 0 bridgehead atoms. The van der Waals surface area contributed by atoms with E-state index in [9.17, 15) is 4.79 Å². The van der Waals surface area contributed by atoms with Gasteiger partial charge in [0.2, 0.25) is 0 Å². The van der Waals surface area contributed by atoms with Crippen molar-refractivity contribution in [2.24, 2.45) is 0 Å². The summed E-state index contributed by atoms with van der Waals surface area (Å²) in [6.07, 6.45) is -0.380. The van der Waals surface area contributed by atoms with Gasteiger partial charge < -0.3 is 14.9 Å². The van der Waals surface area contributed by atoms with Crippen LogP contribution in [0.4, 0.5) is 0 Å². The number of ether oxygens (including phenoxy) is 1. The van der Waals surface area contributed by atoms with E-state index in [1.807, 2.05) is 6.92 Å². The number of aliphatic hydroxyl groups excluding tert-OH is 1. The topological polar surface area (TPSA) is 66.8 Å². The fourth-order valence-electron chi connectivity index (χ4n) is 0.241. The van der Waals surface area contributed by atoms with Gasteiger partial charge in [0.05, 0.1) is 0 Å². The fraction of sp³-hybridized carbons (Fsp3) is 0.857. The molecule has 0 aromatic carbocycles. The summed E-state index contributed by atoms with van der Waals surface area (Å²) in [4.78, 5) is 9.37. The molecule has 4 heteroatoms. The quantitative estimate of drug-likeness (QED) is 0.606. The molecule has 0 radical (unpaired) electrons. The highest BCUT2D eigenvalue weighted by molar-refractivity contribution is 5.66. The van der Waals surface area contributed by atoms with Crippen LogP contribution in [0.5, 0.6) is 0 Å². The molecule has 1 atom stereocenters. The average Bonchev–Trinajstić information content (AvgIpc) is 1.89. The first-order chi connectivity index (χ1) is 5.04. The van der Waals surface area contributed by atoms with Gasteiger partial charge >= 0.3 is 5.97 Å². The molecule has 0 saturated carbocycles. The monoisotopic (exact) mass is 164 g/mol. The molecule has 0 aromatic heterocycles. The van der Waals surface area contributed by atoms with Crippen LogP contribution in [0.1, 0.15) is 27.2 Å². The Labute approximate surface area is 66.8 Å². The maximum atomic E-state index is 9.37. The van der Waals surface area contributed by atoms with Gasteiger partial charge in [0.1, 0.15) is 0 Å². The van der Waals surface area contributed by atoms with Gasteiger partial charge in [-0.3, -0.25) is 4.79 Å². The van der Waals surface area contributed by atoms with Crippen LogP contribution >= 0.6 is 0 Å². The molecule has 0 aromatic rings. The summed E-state index contributed by atoms with van der Waals surface area (Å²) in [7, 11) is 0. The Morgan fingerprint density at radius 2 is 1.91 bits per heavy atom. The predicted molar refractivity (Wildman–Crippen MR) is 41.2 cm³/mol. The zero-order chi connectivity index (χ0) is 9.28. The minimum atomic E-state index is -0.745. The van der Waals surface area contributed by atoms with Gasteiger partial charge in [0, 0.05) is 13.0 Å². The predicted octanol–water partition coefficient (Wildman–Crippen LogP) is 0.842. The van der Waals surface area contributed by atoms with E-state index >= 15 is 0 Å². The maximum absolute atomic E-state index is 9.37. The number of carboxylic acid groups (broad SMARTS) is 1. The van der Waals surface area contributed by atoms with E-state index in [1.165, 1.54) is 0 Å². The van der Waals surface area contributed by atoms with Gasteiger partial charge in [-0.15, -0.1) is 0 Å². The normalized spacial score (nSPS) is 11.3. The molecule has 0 aliphatic heterocycles. The first-order valence-corrected chi connectivity index (χ1v) is 3.56. The number of carboxylic acids is 1. The van der Waals surface area contributed by atoms with E-state index < -0.39 is 12.3 Å². The Morgan fingerprint density at radius 3 is 1.91 bits per heavy atom. The Morgan fingerprint density at radius 1 is 1.55 bits per heavy atom. The Kier molecular flexibility index (Phi) is 11.1. The summed E-state index contributed by atoms with van der Waals surface area (Å²) in [6, 6.07) is 0. The van der Waals surface area contributed by atoms with E-state index in [2.05, 4.69) is 4.74 Å². The van der Waals surface area contributed by atoms with Gasteiger partial charge in [0.15, 0.2) is 6.29 Å². The van der Waals surface area contributed by atoms with E-state index in [0.717, 1.165) is 0 Å². The lowest BCUT2D eigenvalue weighted by Crippen LogP contribution is -2.04. The fourth-order valence-corrected chi connectivity index (χ4v) is 0.241. The lowest BCUT2D eigenvalue weighted by atomic mass is 10.5. The lowest BCUT2D eigenvalue weighted by molar-refractivity contribution is -0.136. The third kappa shape index (κ3) is 26.6. The first kappa shape index (κ1) is 13.0. The van der Waals surface area contributed by atoms with E-state index in [-0.39, 0.29) is 6.42 Å². The second kappa shape index (κ2) is 9.39. The zero-order valence-corrected chi connectivity index (χ0v) is 7.20. The Balaban J connectivity index is 0. The van der Waals surface area contributed by atoms with Crippen molar-refractivity contribution in [3.8, 4) is 0 Å². The van der Waals surface area contributed by atoms with E-state index in [4.69, 9.17) is 10.2 Å². The summed E-state index contributed by atoms with van der Waals surface area (Å²) < 4.78 is 4.60. The standard InChI is InChI=1S/C4H10O2.C3H6O2/c1-3-6-4(2)5;1-2-3(4)5/h4-5H,3H2,1-2H3;2H2,1H3,(H,4,5). The van der Waals surface area contributed by atoms with Crippen LogP contribution in [0, 0.1) is 0 Å². The molecule has 68 valence electrons. The highest BCUT2D eigenvalue weighted by Crippen LogP contribution is 1.78. The van der Waals surface area contributed by atoms with E-state index in [1.54, 1.807) is 13.8 Å². The van der Waals surface area contributed by atoms with Crippen molar-refractivity contribution in [2.75, 3.05) is 6.61 Å². The number of hydrogen-bond acceptors (Lipinski definition) is 3. The molecule has 0 aliphatic rings. The van der Waals surface area contributed by atoms with Crippen LogP contribution in [-0.4, -0.2) is 29.1 Å².